The number of hydrogen-bond donors (Lipinski definition) is 0. The molecule has 0 atom stereocenters. The highest BCUT2D eigenvalue weighted by Crippen LogP contribution is 2.20. The third-order valence-electron chi connectivity index (χ3n) is 4.02. The SMILES string of the molecule is O=C(CCN1CCN(c2ccccc2F)CC1)c1cccs1. The largest absolute Gasteiger partial charge is 0.367 e. The molecule has 0 unspecified atom stereocenters. The predicted octanol–water partition coefficient (Wildman–Crippen LogP) is 3.28. The molecular weight excluding hydrogens is 299 g/mol. The topological polar surface area (TPSA) is 23.6 Å². The Balaban J connectivity index is 1.48. The van der Waals surface area contributed by atoms with Gasteiger partial charge in [0, 0.05) is 39.1 Å². The van der Waals surface area contributed by atoms with Crippen molar-refractivity contribution in [2.24, 2.45) is 0 Å². The minimum absolute atomic E-state index is 0.163. The van der Waals surface area contributed by atoms with Crippen molar-refractivity contribution < 1.29 is 9.18 Å². The lowest BCUT2D eigenvalue weighted by atomic mass is 10.2. The highest BCUT2D eigenvalue weighted by atomic mass is 32.1. The van der Waals surface area contributed by atoms with Crippen molar-refractivity contribution in [2.45, 2.75) is 6.42 Å². The minimum Gasteiger partial charge on any atom is -0.367 e. The summed E-state index contributed by atoms with van der Waals surface area (Å²) in [7, 11) is 0. The molecule has 0 spiro atoms. The summed E-state index contributed by atoms with van der Waals surface area (Å²) in [4.78, 5) is 17.2. The van der Waals surface area contributed by atoms with Gasteiger partial charge in [0.1, 0.15) is 5.82 Å². The maximum atomic E-state index is 13.8. The zero-order chi connectivity index (χ0) is 15.4. The first-order chi connectivity index (χ1) is 10.7. The molecule has 1 saturated heterocycles. The number of ketones is 1. The molecule has 0 bridgehead atoms. The number of thiophene rings is 1. The number of anilines is 1. The number of nitrogens with zero attached hydrogens (tertiary/aromatic N) is 2. The second-order valence-corrected chi connectivity index (χ2v) is 6.38. The molecule has 1 aliphatic rings. The van der Waals surface area contributed by atoms with E-state index in [1.807, 2.05) is 29.6 Å². The van der Waals surface area contributed by atoms with Gasteiger partial charge in [-0.3, -0.25) is 9.69 Å². The normalized spacial score (nSPS) is 16.0. The average Bonchev–Trinajstić information content (AvgIpc) is 3.08. The van der Waals surface area contributed by atoms with Gasteiger partial charge in [-0.15, -0.1) is 11.3 Å². The molecule has 1 aliphatic heterocycles. The Hall–Kier alpha value is -1.72. The Kier molecular flexibility index (Phi) is 4.85. The summed E-state index contributed by atoms with van der Waals surface area (Å²) in [5.41, 5.74) is 0.678. The second kappa shape index (κ2) is 7.03. The summed E-state index contributed by atoms with van der Waals surface area (Å²) < 4.78 is 13.8. The number of halogens is 1. The number of Topliss-reactive ketones (excluding diaryl/α,β-unsaturated/α-hetero) is 1. The lowest BCUT2D eigenvalue weighted by Crippen LogP contribution is -2.47. The van der Waals surface area contributed by atoms with Crippen LogP contribution in [-0.2, 0) is 0 Å². The molecule has 2 aromatic rings. The van der Waals surface area contributed by atoms with Crippen LogP contribution in [0, 0.1) is 5.82 Å². The van der Waals surface area contributed by atoms with Gasteiger partial charge in [0.25, 0.3) is 0 Å². The zero-order valence-electron chi connectivity index (χ0n) is 12.4. The Morgan fingerprint density at radius 3 is 2.55 bits per heavy atom. The van der Waals surface area contributed by atoms with Crippen molar-refractivity contribution in [3.63, 3.8) is 0 Å². The Morgan fingerprint density at radius 1 is 1.09 bits per heavy atom. The number of carbonyl (C=O) groups excluding carboxylic acids is 1. The van der Waals surface area contributed by atoms with E-state index in [-0.39, 0.29) is 11.6 Å². The molecule has 1 fully saturated rings. The maximum Gasteiger partial charge on any atom is 0.174 e. The van der Waals surface area contributed by atoms with Gasteiger partial charge < -0.3 is 4.90 Å². The third-order valence-corrected chi connectivity index (χ3v) is 4.93. The second-order valence-electron chi connectivity index (χ2n) is 5.43. The van der Waals surface area contributed by atoms with Crippen molar-refractivity contribution in [1.29, 1.82) is 0 Å². The first-order valence-corrected chi connectivity index (χ1v) is 8.40. The van der Waals surface area contributed by atoms with E-state index in [1.165, 1.54) is 17.4 Å². The van der Waals surface area contributed by atoms with Crippen molar-refractivity contribution in [3.05, 3.63) is 52.5 Å². The molecule has 1 aromatic heterocycles. The van der Waals surface area contributed by atoms with Gasteiger partial charge in [0.2, 0.25) is 0 Å². The van der Waals surface area contributed by atoms with Crippen molar-refractivity contribution in [1.82, 2.24) is 4.90 Å². The molecule has 116 valence electrons. The average molecular weight is 318 g/mol. The van der Waals surface area contributed by atoms with Crippen LogP contribution < -0.4 is 4.90 Å². The van der Waals surface area contributed by atoms with Crippen molar-refractivity contribution >= 4 is 22.8 Å². The van der Waals surface area contributed by atoms with Gasteiger partial charge in [-0.25, -0.2) is 4.39 Å². The summed E-state index contributed by atoms with van der Waals surface area (Å²) >= 11 is 1.50. The maximum absolute atomic E-state index is 13.8. The highest BCUT2D eigenvalue weighted by Gasteiger charge is 2.19. The van der Waals surface area contributed by atoms with Gasteiger partial charge in [0.15, 0.2) is 5.78 Å². The van der Waals surface area contributed by atoms with E-state index in [1.54, 1.807) is 6.07 Å². The van der Waals surface area contributed by atoms with Crippen LogP contribution in [-0.4, -0.2) is 43.4 Å². The first-order valence-electron chi connectivity index (χ1n) is 7.52. The highest BCUT2D eigenvalue weighted by molar-refractivity contribution is 7.12. The molecule has 0 saturated carbocycles. The van der Waals surface area contributed by atoms with Gasteiger partial charge in [-0.1, -0.05) is 18.2 Å². The van der Waals surface area contributed by atoms with Crippen molar-refractivity contribution in [3.8, 4) is 0 Å². The standard InChI is InChI=1S/C17H19FN2OS/c18-14-4-1-2-5-15(14)20-11-9-19(10-12-20)8-7-16(21)17-6-3-13-22-17/h1-6,13H,7-12H2. The molecule has 0 N–H and O–H groups in total. The van der Waals surface area contributed by atoms with E-state index < -0.39 is 0 Å². The molecule has 3 rings (SSSR count). The number of piperazine rings is 1. The van der Waals surface area contributed by atoms with E-state index in [2.05, 4.69) is 9.80 Å². The minimum atomic E-state index is -0.163. The molecule has 2 heterocycles. The lowest BCUT2D eigenvalue weighted by Gasteiger charge is -2.36. The molecule has 0 aliphatic carbocycles. The number of para-hydroxylation sites is 1. The smallest absolute Gasteiger partial charge is 0.174 e. The number of rotatable bonds is 5. The molecule has 0 amide bonds. The monoisotopic (exact) mass is 318 g/mol. The van der Waals surface area contributed by atoms with E-state index in [4.69, 9.17) is 0 Å². The Bertz CT molecular complexity index is 621. The van der Waals surface area contributed by atoms with Crippen LogP contribution >= 0.6 is 11.3 Å². The van der Waals surface area contributed by atoms with Gasteiger partial charge in [-0.2, -0.15) is 0 Å². The van der Waals surface area contributed by atoms with Gasteiger partial charge in [0.05, 0.1) is 10.6 Å². The quantitative estimate of drug-likeness (QED) is 0.791. The zero-order valence-corrected chi connectivity index (χ0v) is 13.2. The van der Waals surface area contributed by atoms with Crippen LogP contribution in [0.2, 0.25) is 0 Å². The number of hydrogen-bond acceptors (Lipinski definition) is 4. The van der Waals surface area contributed by atoms with Crippen molar-refractivity contribution in [2.75, 3.05) is 37.6 Å². The fourth-order valence-electron chi connectivity index (χ4n) is 2.74. The molecular formula is C17H19FN2OS. The van der Waals surface area contributed by atoms with Crippen LogP contribution in [0.15, 0.2) is 41.8 Å². The first kappa shape index (κ1) is 15.2. The van der Waals surface area contributed by atoms with E-state index in [0.29, 0.717) is 12.1 Å². The number of carbonyl (C=O) groups is 1. The van der Waals surface area contributed by atoms with Crippen LogP contribution in [0.5, 0.6) is 0 Å². The fraction of sp³-hybridized carbons (Fsp3) is 0.353. The number of benzene rings is 1. The predicted molar refractivity (Wildman–Crippen MR) is 88.3 cm³/mol. The third kappa shape index (κ3) is 3.54. The van der Waals surface area contributed by atoms with Gasteiger partial charge >= 0.3 is 0 Å². The Labute approximate surface area is 134 Å². The van der Waals surface area contributed by atoms with Crippen LogP contribution in [0.25, 0.3) is 0 Å². The fourth-order valence-corrected chi connectivity index (χ4v) is 3.44. The molecule has 5 heteroatoms. The van der Waals surface area contributed by atoms with Gasteiger partial charge in [-0.05, 0) is 23.6 Å². The summed E-state index contributed by atoms with van der Waals surface area (Å²) in [6.07, 6.45) is 0.556. The summed E-state index contributed by atoms with van der Waals surface area (Å²) in [5.74, 6) is 0.0513. The van der Waals surface area contributed by atoms with Crippen LogP contribution in [0.4, 0.5) is 10.1 Å². The van der Waals surface area contributed by atoms with E-state index in [9.17, 15) is 9.18 Å². The lowest BCUT2D eigenvalue weighted by molar-refractivity contribution is 0.0966. The summed E-state index contributed by atoms with van der Waals surface area (Å²) in [5, 5.41) is 1.93. The summed E-state index contributed by atoms with van der Waals surface area (Å²) in [6, 6.07) is 10.7. The molecule has 3 nitrogen and oxygen atoms in total. The molecule has 1 aromatic carbocycles. The van der Waals surface area contributed by atoms with E-state index >= 15 is 0 Å². The Morgan fingerprint density at radius 2 is 1.86 bits per heavy atom. The summed E-state index contributed by atoms with van der Waals surface area (Å²) in [6.45, 7) is 4.11. The molecule has 22 heavy (non-hydrogen) atoms. The van der Waals surface area contributed by atoms with Crippen LogP contribution in [0.1, 0.15) is 16.1 Å². The van der Waals surface area contributed by atoms with E-state index in [0.717, 1.165) is 37.6 Å². The molecule has 0 radical (unpaired) electrons. The van der Waals surface area contributed by atoms with Crippen LogP contribution in [0.3, 0.4) is 0 Å².